The molecular formula is C8H6LiNO4S2. The number of thiophene rings is 1. The SMILES string of the molecule is O=[N+]([O-])c1ccc2sc(S(=O)O)cc2c1.[LiH]. The fraction of sp³-hybridized carbons (Fsp3) is 0. The molecule has 1 aromatic heterocycles. The van der Waals surface area contributed by atoms with Crippen LogP contribution in [0.1, 0.15) is 0 Å². The molecule has 0 spiro atoms. The second-order valence-electron chi connectivity index (χ2n) is 2.79. The van der Waals surface area contributed by atoms with Crippen LogP contribution in [0.2, 0.25) is 0 Å². The molecule has 0 saturated carbocycles. The Labute approximate surface area is 109 Å². The van der Waals surface area contributed by atoms with E-state index in [4.69, 9.17) is 4.55 Å². The van der Waals surface area contributed by atoms with E-state index < -0.39 is 16.0 Å². The number of rotatable bonds is 2. The summed E-state index contributed by atoms with van der Waals surface area (Å²) in [5, 5.41) is 11.1. The molecule has 0 aliphatic rings. The van der Waals surface area contributed by atoms with E-state index in [0.29, 0.717) is 9.60 Å². The molecule has 8 heteroatoms. The summed E-state index contributed by atoms with van der Waals surface area (Å²) in [6.07, 6.45) is 0. The van der Waals surface area contributed by atoms with Crippen molar-refractivity contribution in [1.29, 1.82) is 0 Å². The Balaban J connectivity index is 0.00000128. The number of nitro benzene ring substituents is 1. The molecule has 1 aromatic carbocycles. The molecule has 80 valence electrons. The van der Waals surface area contributed by atoms with Gasteiger partial charge in [0.25, 0.3) is 5.69 Å². The quantitative estimate of drug-likeness (QED) is 0.381. The van der Waals surface area contributed by atoms with Gasteiger partial charge in [-0.3, -0.25) is 10.1 Å². The van der Waals surface area contributed by atoms with Crippen LogP contribution in [0.3, 0.4) is 0 Å². The number of hydrogen-bond donors (Lipinski definition) is 1. The first-order chi connectivity index (χ1) is 7.08. The maximum atomic E-state index is 10.8. The van der Waals surface area contributed by atoms with Gasteiger partial charge >= 0.3 is 18.9 Å². The first-order valence-electron chi connectivity index (χ1n) is 3.87. The topological polar surface area (TPSA) is 80.4 Å². The van der Waals surface area contributed by atoms with Crippen molar-refractivity contribution in [3.8, 4) is 0 Å². The van der Waals surface area contributed by atoms with E-state index in [9.17, 15) is 14.3 Å². The van der Waals surface area contributed by atoms with Crippen LogP contribution in [0, 0.1) is 10.1 Å². The molecule has 0 amide bonds. The van der Waals surface area contributed by atoms with Gasteiger partial charge in [-0.05, 0) is 12.1 Å². The second-order valence-corrected chi connectivity index (χ2v) is 5.07. The summed E-state index contributed by atoms with van der Waals surface area (Å²) in [6, 6.07) is 5.84. The van der Waals surface area contributed by atoms with Crippen LogP contribution >= 0.6 is 11.3 Å². The molecule has 0 aliphatic heterocycles. The van der Waals surface area contributed by atoms with Crippen LogP contribution in [-0.4, -0.2) is 32.5 Å². The molecule has 0 saturated heterocycles. The Morgan fingerprint density at radius 3 is 2.62 bits per heavy atom. The van der Waals surface area contributed by atoms with E-state index in [1.54, 1.807) is 6.07 Å². The van der Waals surface area contributed by atoms with Crippen molar-refractivity contribution in [3.05, 3.63) is 34.4 Å². The normalized spacial score (nSPS) is 12.1. The number of nitrogens with zero attached hydrogens (tertiary/aromatic N) is 1. The van der Waals surface area contributed by atoms with E-state index in [-0.39, 0.29) is 24.5 Å². The number of nitro groups is 1. The Morgan fingerprint density at radius 2 is 2.06 bits per heavy atom. The fourth-order valence-corrected chi connectivity index (χ4v) is 2.76. The summed E-state index contributed by atoms with van der Waals surface area (Å²) in [5.41, 5.74) is -0.0180. The minimum absolute atomic E-state index is 0. The molecule has 5 nitrogen and oxygen atoms in total. The third-order valence-electron chi connectivity index (χ3n) is 1.86. The third-order valence-corrected chi connectivity index (χ3v) is 3.91. The summed E-state index contributed by atoms with van der Waals surface area (Å²) in [6.45, 7) is 0. The Hall–Kier alpha value is -0.713. The van der Waals surface area contributed by atoms with Crippen molar-refractivity contribution in [2.75, 3.05) is 0 Å². The number of hydrogen-bond acceptors (Lipinski definition) is 4. The second kappa shape index (κ2) is 5.08. The summed E-state index contributed by atoms with van der Waals surface area (Å²) < 4.78 is 20.7. The predicted molar refractivity (Wildman–Crippen MR) is 64.7 cm³/mol. The number of fused-ring (bicyclic) bond motifs is 1. The molecule has 16 heavy (non-hydrogen) atoms. The Bertz CT molecular complexity index is 556. The van der Waals surface area contributed by atoms with Gasteiger partial charge in [-0.2, -0.15) is 0 Å². The van der Waals surface area contributed by atoms with Gasteiger partial charge in [0, 0.05) is 22.2 Å². The first kappa shape index (κ1) is 13.4. The van der Waals surface area contributed by atoms with Crippen molar-refractivity contribution in [1.82, 2.24) is 0 Å². The molecule has 0 radical (unpaired) electrons. The molecule has 2 rings (SSSR count). The molecule has 1 unspecified atom stereocenters. The molecule has 1 atom stereocenters. The summed E-state index contributed by atoms with van der Waals surface area (Å²) in [7, 11) is 0. The monoisotopic (exact) mass is 251 g/mol. The van der Waals surface area contributed by atoms with E-state index >= 15 is 0 Å². The molecule has 1 heterocycles. The Morgan fingerprint density at radius 1 is 1.38 bits per heavy atom. The summed E-state index contributed by atoms with van der Waals surface area (Å²) >= 11 is -0.877. The van der Waals surface area contributed by atoms with Gasteiger partial charge in [0.2, 0.25) is 0 Å². The zero-order chi connectivity index (χ0) is 11.0. The van der Waals surface area contributed by atoms with Crippen LogP contribution in [0.4, 0.5) is 5.69 Å². The van der Waals surface area contributed by atoms with Gasteiger partial charge < -0.3 is 4.55 Å². The van der Waals surface area contributed by atoms with Crippen molar-refractivity contribution in [3.63, 3.8) is 0 Å². The van der Waals surface area contributed by atoms with Crippen LogP contribution in [0.25, 0.3) is 10.1 Å². The average molecular weight is 251 g/mol. The van der Waals surface area contributed by atoms with Gasteiger partial charge in [-0.25, -0.2) is 4.21 Å². The van der Waals surface area contributed by atoms with E-state index in [2.05, 4.69) is 0 Å². The first-order valence-corrected chi connectivity index (χ1v) is 5.79. The molecule has 2 aromatic rings. The van der Waals surface area contributed by atoms with Crippen molar-refractivity contribution in [2.45, 2.75) is 4.21 Å². The van der Waals surface area contributed by atoms with Crippen LogP contribution in [0.15, 0.2) is 28.5 Å². The van der Waals surface area contributed by atoms with Crippen molar-refractivity contribution < 1.29 is 13.7 Å². The molecule has 0 aliphatic carbocycles. The van der Waals surface area contributed by atoms with E-state index in [0.717, 1.165) is 16.0 Å². The molecule has 0 fully saturated rings. The third kappa shape index (κ3) is 2.51. The van der Waals surface area contributed by atoms with E-state index in [1.807, 2.05) is 0 Å². The summed E-state index contributed by atoms with van der Waals surface area (Å²) in [4.78, 5) is 9.99. The molecular weight excluding hydrogens is 245 g/mol. The van der Waals surface area contributed by atoms with Gasteiger partial charge in [0.05, 0.1) is 4.92 Å². The van der Waals surface area contributed by atoms with Gasteiger partial charge in [-0.15, -0.1) is 11.3 Å². The van der Waals surface area contributed by atoms with Crippen LogP contribution < -0.4 is 0 Å². The molecule has 0 bridgehead atoms. The average Bonchev–Trinajstić information content (AvgIpc) is 2.59. The van der Waals surface area contributed by atoms with Gasteiger partial charge in [0.15, 0.2) is 11.1 Å². The number of non-ortho nitro benzene ring substituents is 1. The standard InChI is InChI=1S/C8H5NO4S2.Li.H/c10-9(11)6-1-2-7-5(3-6)4-8(14-7)15(12)13;;/h1-4H,(H,12,13);;. The fourth-order valence-electron chi connectivity index (χ4n) is 1.21. The predicted octanol–water partition coefficient (Wildman–Crippen LogP) is 1.74. The number of benzene rings is 1. The van der Waals surface area contributed by atoms with Gasteiger partial charge in [0.1, 0.15) is 4.21 Å². The maximum absolute atomic E-state index is 10.8. The van der Waals surface area contributed by atoms with Crippen molar-refractivity contribution >= 4 is 57.1 Å². The molecule has 1 N–H and O–H groups in total. The summed E-state index contributed by atoms with van der Waals surface area (Å²) in [5.74, 6) is 0. The van der Waals surface area contributed by atoms with E-state index in [1.165, 1.54) is 18.2 Å². The zero-order valence-corrected chi connectivity index (χ0v) is 8.88. The van der Waals surface area contributed by atoms with Crippen LogP contribution in [-0.2, 0) is 11.1 Å². The minimum atomic E-state index is -2.03. The van der Waals surface area contributed by atoms with Crippen molar-refractivity contribution in [2.24, 2.45) is 0 Å². The van der Waals surface area contributed by atoms with Crippen LogP contribution in [0.5, 0.6) is 0 Å². The Kier molecular flexibility index (Phi) is 4.24. The van der Waals surface area contributed by atoms with Gasteiger partial charge in [-0.1, -0.05) is 0 Å². The zero-order valence-electron chi connectivity index (χ0n) is 7.25.